The molecule has 0 aliphatic carbocycles. The highest BCUT2D eigenvalue weighted by Gasteiger charge is 2.37. The molecule has 2 aromatic carbocycles. The second kappa shape index (κ2) is 12.6. The van der Waals surface area contributed by atoms with E-state index in [9.17, 15) is 33.6 Å². The van der Waals surface area contributed by atoms with Gasteiger partial charge in [-0.2, -0.15) is 0 Å². The Labute approximate surface area is 227 Å². The van der Waals surface area contributed by atoms with Crippen LogP contribution in [-0.2, 0) is 33.6 Å². The number of para-hydroxylation sites is 2. The van der Waals surface area contributed by atoms with Gasteiger partial charge in [0.2, 0.25) is 11.8 Å². The van der Waals surface area contributed by atoms with Crippen LogP contribution in [-0.4, -0.2) is 72.1 Å². The van der Waals surface area contributed by atoms with Crippen molar-refractivity contribution in [3.8, 4) is 0 Å². The number of aldehydes is 1. The molecule has 0 fully saturated rings. The molecule has 2 aromatic rings. The van der Waals surface area contributed by atoms with Gasteiger partial charge in [0.05, 0.1) is 30.4 Å². The number of nitrogens with zero attached hydrogens (tertiary/aromatic N) is 2. The number of amides is 5. The number of rotatable bonds is 8. The maximum atomic E-state index is 13.6. The van der Waals surface area contributed by atoms with Crippen molar-refractivity contribution in [2.75, 3.05) is 28.2 Å². The van der Waals surface area contributed by atoms with Gasteiger partial charge in [0.25, 0.3) is 5.91 Å². The molecule has 0 aromatic heterocycles. The number of hydrogen-bond donors (Lipinski definition) is 4. The maximum Gasteiger partial charge on any atom is 0.313 e. The highest BCUT2D eigenvalue weighted by Crippen LogP contribution is 2.32. The van der Waals surface area contributed by atoms with Crippen molar-refractivity contribution in [1.82, 2.24) is 10.6 Å². The normalized spacial score (nSPS) is 15.3. The zero-order valence-corrected chi connectivity index (χ0v) is 21.3. The lowest BCUT2D eigenvalue weighted by Gasteiger charge is -2.25. The fraction of sp³-hybridized carbons (Fsp3) is 0.240. The highest BCUT2D eigenvalue weighted by atomic mass is 35.5. The largest absolute Gasteiger partial charge is 0.481 e. The number of carbonyl (C=O) groups is 7. The van der Waals surface area contributed by atoms with Crippen LogP contribution >= 0.6 is 11.6 Å². The van der Waals surface area contributed by atoms with Crippen LogP contribution in [0.5, 0.6) is 0 Å². The van der Waals surface area contributed by atoms with E-state index in [1.807, 2.05) is 0 Å². The summed E-state index contributed by atoms with van der Waals surface area (Å²) in [5, 5.41) is 16.2. The minimum absolute atomic E-state index is 0.149. The third kappa shape index (κ3) is 7.38. The summed E-state index contributed by atoms with van der Waals surface area (Å²) < 4.78 is 0. The van der Waals surface area contributed by atoms with Crippen LogP contribution in [0.4, 0.5) is 17.1 Å². The third-order valence-electron chi connectivity index (χ3n) is 5.59. The van der Waals surface area contributed by atoms with E-state index >= 15 is 0 Å². The molecular weight excluding hydrogens is 534 g/mol. The maximum absolute atomic E-state index is 13.6. The standard InChI is InChI=1S/C25H24ClN5O8/c1-14(33)30-11-18(29-24(38)23(37)28-16-8-6-15(26)7-9-16)25(39)31(20-5-3-2-4-19(20)30)12-21(34)27-17(13-32)10-22(35)36/h2-9,13,17-18H,10-12H2,1H3,(H,27,34)(H,28,37)(H,29,38)(H,35,36)/t17-,18-/m0/s1. The van der Waals surface area contributed by atoms with Crippen molar-refractivity contribution in [1.29, 1.82) is 0 Å². The van der Waals surface area contributed by atoms with Crippen LogP contribution in [0.25, 0.3) is 0 Å². The minimum Gasteiger partial charge on any atom is -0.481 e. The van der Waals surface area contributed by atoms with E-state index in [-0.39, 0.29) is 29.9 Å². The average molecular weight is 558 g/mol. The molecule has 2 atom stereocenters. The Kier molecular flexibility index (Phi) is 9.33. The molecular formula is C25H24ClN5O8. The second-order valence-corrected chi connectivity index (χ2v) is 8.87. The Morgan fingerprint density at radius 1 is 1.05 bits per heavy atom. The lowest BCUT2D eigenvalue weighted by atomic mass is 10.2. The topological polar surface area (TPSA) is 182 Å². The van der Waals surface area contributed by atoms with Crippen molar-refractivity contribution >= 4 is 70.5 Å². The summed E-state index contributed by atoms with van der Waals surface area (Å²) in [6.07, 6.45) is -0.413. The van der Waals surface area contributed by atoms with Gasteiger partial charge in [0.1, 0.15) is 18.9 Å². The van der Waals surface area contributed by atoms with Crippen LogP contribution in [0.3, 0.4) is 0 Å². The fourth-order valence-electron chi connectivity index (χ4n) is 3.82. The van der Waals surface area contributed by atoms with Gasteiger partial charge in [-0.25, -0.2) is 0 Å². The SMILES string of the molecule is CC(=O)N1C[C@H](NC(=O)C(=O)Nc2ccc(Cl)cc2)C(=O)N(CC(=O)N[C@H](C=O)CC(=O)O)c2ccccc21. The Balaban J connectivity index is 1.87. The van der Waals surface area contributed by atoms with Crippen LogP contribution < -0.4 is 25.8 Å². The van der Waals surface area contributed by atoms with Crippen molar-refractivity contribution in [2.24, 2.45) is 0 Å². The first kappa shape index (κ1) is 28.8. The number of fused-ring (bicyclic) bond motifs is 1. The summed E-state index contributed by atoms with van der Waals surface area (Å²) in [7, 11) is 0. The van der Waals surface area contributed by atoms with Gasteiger partial charge in [-0.3, -0.25) is 33.7 Å². The Morgan fingerprint density at radius 2 is 1.69 bits per heavy atom. The zero-order valence-electron chi connectivity index (χ0n) is 20.5. The van der Waals surface area contributed by atoms with Gasteiger partial charge < -0.3 is 30.8 Å². The molecule has 0 radical (unpaired) electrons. The van der Waals surface area contributed by atoms with Gasteiger partial charge in [-0.1, -0.05) is 23.7 Å². The molecule has 0 spiro atoms. The predicted molar refractivity (Wildman–Crippen MR) is 139 cm³/mol. The molecule has 5 amide bonds. The first-order valence-electron chi connectivity index (χ1n) is 11.5. The first-order valence-corrected chi connectivity index (χ1v) is 11.9. The molecule has 14 heteroatoms. The number of carboxylic acids is 1. The van der Waals surface area contributed by atoms with E-state index < -0.39 is 60.6 Å². The van der Waals surface area contributed by atoms with Gasteiger partial charge in [-0.15, -0.1) is 0 Å². The van der Waals surface area contributed by atoms with Crippen molar-refractivity contribution in [3.05, 3.63) is 53.6 Å². The highest BCUT2D eigenvalue weighted by molar-refractivity contribution is 6.40. The van der Waals surface area contributed by atoms with Crippen molar-refractivity contribution in [3.63, 3.8) is 0 Å². The van der Waals surface area contributed by atoms with Crippen LogP contribution in [0.2, 0.25) is 5.02 Å². The molecule has 13 nitrogen and oxygen atoms in total. The summed E-state index contributed by atoms with van der Waals surface area (Å²) in [5.74, 6) is -5.75. The molecule has 3 rings (SSSR count). The Morgan fingerprint density at radius 3 is 2.28 bits per heavy atom. The third-order valence-corrected chi connectivity index (χ3v) is 5.85. The number of hydrogen-bond acceptors (Lipinski definition) is 7. The molecule has 1 heterocycles. The van der Waals surface area contributed by atoms with Gasteiger partial charge in [0, 0.05) is 17.6 Å². The number of halogens is 1. The Hall–Kier alpha value is -4.78. The molecule has 39 heavy (non-hydrogen) atoms. The molecule has 1 aliphatic heterocycles. The van der Waals surface area contributed by atoms with E-state index in [4.69, 9.17) is 16.7 Å². The molecule has 0 saturated carbocycles. The smallest absolute Gasteiger partial charge is 0.313 e. The molecule has 1 aliphatic rings. The summed E-state index contributed by atoms with van der Waals surface area (Å²) in [6.45, 7) is 0.227. The van der Waals surface area contributed by atoms with E-state index in [0.717, 1.165) is 4.90 Å². The van der Waals surface area contributed by atoms with Gasteiger partial charge in [-0.05, 0) is 36.4 Å². The molecule has 0 saturated heterocycles. The van der Waals surface area contributed by atoms with Gasteiger partial charge in [0.15, 0.2) is 0 Å². The number of carbonyl (C=O) groups excluding carboxylic acids is 6. The fourth-order valence-corrected chi connectivity index (χ4v) is 3.94. The number of anilines is 3. The number of benzene rings is 2. The van der Waals surface area contributed by atoms with E-state index in [1.54, 1.807) is 12.1 Å². The average Bonchev–Trinajstić information content (AvgIpc) is 3.00. The quantitative estimate of drug-likeness (QED) is 0.264. The minimum atomic E-state index is -1.45. The predicted octanol–water partition coefficient (Wildman–Crippen LogP) is 0.321. The van der Waals surface area contributed by atoms with E-state index in [2.05, 4.69) is 16.0 Å². The molecule has 4 N–H and O–H groups in total. The molecule has 0 bridgehead atoms. The first-order chi connectivity index (χ1) is 18.5. The van der Waals surface area contributed by atoms with E-state index in [1.165, 1.54) is 48.2 Å². The zero-order chi connectivity index (χ0) is 28.7. The van der Waals surface area contributed by atoms with Crippen molar-refractivity contribution < 1.29 is 38.7 Å². The number of nitrogens with one attached hydrogen (secondary N) is 3. The monoisotopic (exact) mass is 557 g/mol. The second-order valence-electron chi connectivity index (χ2n) is 8.44. The lowest BCUT2D eigenvalue weighted by molar-refractivity contribution is -0.139. The summed E-state index contributed by atoms with van der Waals surface area (Å²) in [4.78, 5) is 88.3. The summed E-state index contributed by atoms with van der Waals surface area (Å²) in [6, 6.07) is 9.32. The van der Waals surface area contributed by atoms with Crippen LogP contribution in [0, 0.1) is 0 Å². The summed E-state index contributed by atoms with van der Waals surface area (Å²) in [5.41, 5.74) is 0.677. The molecule has 204 valence electrons. The lowest BCUT2D eigenvalue weighted by Crippen LogP contribution is -2.56. The molecule has 0 unspecified atom stereocenters. The van der Waals surface area contributed by atoms with Crippen LogP contribution in [0.15, 0.2) is 48.5 Å². The van der Waals surface area contributed by atoms with E-state index in [0.29, 0.717) is 5.02 Å². The van der Waals surface area contributed by atoms with Crippen molar-refractivity contribution in [2.45, 2.75) is 25.4 Å². The number of aliphatic carboxylic acids is 1. The number of carboxylic acid groups (broad SMARTS) is 1. The summed E-state index contributed by atoms with van der Waals surface area (Å²) >= 11 is 5.82. The van der Waals surface area contributed by atoms with Crippen LogP contribution in [0.1, 0.15) is 13.3 Å². The Bertz CT molecular complexity index is 1320. The van der Waals surface area contributed by atoms with Gasteiger partial charge >= 0.3 is 17.8 Å².